The number of fused-ring (bicyclic) bond motifs is 2. The monoisotopic (exact) mass is 355 g/mol. The maximum absolute atomic E-state index is 13.1. The maximum Gasteiger partial charge on any atom is 0.258 e. The van der Waals surface area contributed by atoms with E-state index in [1.165, 1.54) is 0 Å². The molecule has 0 saturated heterocycles. The molecular formula is C19H18ClN3O2. The highest BCUT2D eigenvalue weighted by Crippen LogP contribution is 2.31. The average Bonchev–Trinajstić information content (AvgIpc) is 2.80. The zero-order chi connectivity index (χ0) is 17.4. The van der Waals surface area contributed by atoms with Crippen molar-refractivity contribution in [3.05, 3.63) is 52.3 Å². The molecule has 3 heterocycles. The van der Waals surface area contributed by atoms with E-state index in [4.69, 9.17) is 11.6 Å². The van der Waals surface area contributed by atoms with Crippen LogP contribution in [-0.2, 0) is 17.6 Å². The molecule has 1 aromatic heterocycles. The van der Waals surface area contributed by atoms with Crippen LogP contribution >= 0.6 is 11.6 Å². The molecule has 0 fully saturated rings. The molecule has 0 unspecified atom stereocenters. The van der Waals surface area contributed by atoms with E-state index in [-0.39, 0.29) is 11.8 Å². The first-order valence-corrected chi connectivity index (χ1v) is 8.89. The van der Waals surface area contributed by atoms with Crippen LogP contribution in [0.25, 0.3) is 0 Å². The molecule has 2 aromatic rings. The first-order valence-electron chi connectivity index (χ1n) is 8.51. The molecule has 128 valence electrons. The zero-order valence-corrected chi connectivity index (χ0v) is 14.5. The van der Waals surface area contributed by atoms with E-state index < -0.39 is 0 Å². The van der Waals surface area contributed by atoms with Gasteiger partial charge in [0.15, 0.2) is 0 Å². The lowest BCUT2D eigenvalue weighted by Crippen LogP contribution is -2.35. The minimum Gasteiger partial charge on any atom is -0.326 e. The lowest BCUT2D eigenvalue weighted by Gasteiger charge is -2.29. The van der Waals surface area contributed by atoms with Gasteiger partial charge in [-0.25, -0.2) is 4.98 Å². The van der Waals surface area contributed by atoms with Crippen LogP contribution in [0.4, 0.5) is 11.4 Å². The van der Waals surface area contributed by atoms with Crippen LogP contribution in [0, 0.1) is 0 Å². The minimum absolute atomic E-state index is 0.00419. The van der Waals surface area contributed by atoms with Crippen molar-refractivity contribution in [2.45, 2.75) is 32.1 Å². The zero-order valence-electron chi connectivity index (χ0n) is 13.7. The van der Waals surface area contributed by atoms with Gasteiger partial charge in [0.05, 0.1) is 5.69 Å². The molecule has 1 aromatic carbocycles. The number of hydrogen-bond acceptors (Lipinski definition) is 3. The van der Waals surface area contributed by atoms with Gasteiger partial charge in [0, 0.05) is 30.4 Å². The Labute approximate surface area is 151 Å². The summed E-state index contributed by atoms with van der Waals surface area (Å²) in [6.07, 6.45) is 5.72. The number of nitrogens with one attached hydrogen (secondary N) is 1. The lowest BCUT2D eigenvalue weighted by atomic mass is 10.0. The third kappa shape index (κ3) is 3.12. The summed E-state index contributed by atoms with van der Waals surface area (Å²) in [5, 5.41) is 3.29. The van der Waals surface area contributed by atoms with Crippen molar-refractivity contribution < 1.29 is 9.59 Å². The van der Waals surface area contributed by atoms with E-state index in [0.29, 0.717) is 23.7 Å². The number of amides is 2. The van der Waals surface area contributed by atoms with Crippen molar-refractivity contribution in [3.63, 3.8) is 0 Å². The van der Waals surface area contributed by atoms with Crippen molar-refractivity contribution in [2.24, 2.45) is 0 Å². The Morgan fingerprint density at radius 2 is 1.96 bits per heavy atom. The number of aromatic nitrogens is 1. The highest BCUT2D eigenvalue weighted by Gasteiger charge is 2.25. The van der Waals surface area contributed by atoms with Gasteiger partial charge in [-0.2, -0.15) is 0 Å². The fourth-order valence-corrected chi connectivity index (χ4v) is 3.66. The first-order chi connectivity index (χ1) is 12.1. The summed E-state index contributed by atoms with van der Waals surface area (Å²) in [5.41, 5.74) is 4.26. The number of rotatable bonds is 1. The van der Waals surface area contributed by atoms with Gasteiger partial charge in [-0.3, -0.25) is 9.59 Å². The van der Waals surface area contributed by atoms with E-state index >= 15 is 0 Å². The van der Waals surface area contributed by atoms with Gasteiger partial charge in [0.2, 0.25) is 5.91 Å². The lowest BCUT2D eigenvalue weighted by molar-refractivity contribution is -0.116. The summed E-state index contributed by atoms with van der Waals surface area (Å²) in [6, 6.07) is 7.32. The molecule has 0 radical (unpaired) electrons. The molecule has 6 heteroatoms. The molecule has 2 aliphatic rings. The third-order valence-electron chi connectivity index (χ3n) is 4.77. The van der Waals surface area contributed by atoms with E-state index in [0.717, 1.165) is 48.2 Å². The number of carbonyl (C=O) groups excluding carboxylic acids is 2. The second kappa shape index (κ2) is 6.48. The van der Waals surface area contributed by atoms with Gasteiger partial charge >= 0.3 is 0 Å². The molecule has 25 heavy (non-hydrogen) atoms. The Morgan fingerprint density at radius 3 is 2.84 bits per heavy atom. The van der Waals surface area contributed by atoms with Crippen LogP contribution in [0.15, 0.2) is 30.5 Å². The van der Waals surface area contributed by atoms with Crippen LogP contribution in [0.2, 0.25) is 5.15 Å². The van der Waals surface area contributed by atoms with Gasteiger partial charge in [-0.05, 0) is 55.0 Å². The molecule has 0 spiro atoms. The predicted molar refractivity (Wildman–Crippen MR) is 97.3 cm³/mol. The number of aryl methyl sites for hydroxylation is 2. The van der Waals surface area contributed by atoms with Gasteiger partial charge in [0.1, 0.15) is 5.15 Å². The number of pyridine rings is 1. The fourth-order valence-electron chi connectivity index (χ4n) is 3.50. The number of carbonyl (C=O) groups is 2. The van der Waals surface area contributed by atoms with Crippen molar-refractivity contribution in [1.82, 2.24) is 4.98 Å². The topological polar surface area (TPSA) is 62.3 Å². The molecule has 4 rings (SSSR count). The normalized spacial score (nSPS) is 16.5. The van der Waals surface area contributed by atoms with Crippen LogP contribution in [0.3, 0.4) is 0 Å². The van der Waals surface area contributed by atoms with Crippen LogP contribution in [-0.4, -0.2) is 23.3 Å². The second-order valence-electron chi connectivity index (χ2n) is 6.47. The number of anilines is 2. The van der Waals surface area contributed by atoms with Gasteiger partial charge in [-0.1, -0.05) is 17.7 Å². The Bertz CT molecular complexity index is 866. The summed E-state index contributed by atoms with van der Waals surface area (Å²) < 4.78 is 0. The Balaban J connectivity index is 1.69. The largest absolute Gasteiger partial charge is 0.326 e. The molecule has 0 aliphatic carbocycles. The SMILES string of the molecule is O=C1CCCc2ccc(C(=O)N3CCCc4cnc(Cl)cc43)cc2N1. The van der Waals surface area contributed by atoms with E-state index in [1.54, 1.807) is 23.2 Å². The summed E-state index contributed by atoms with van der Waals surface area (Å²) in [6.45, 7) is 0.648. The molecular weight excluding hydrogens is 338 g/mol. The van der Waals surface area contributed by atoms with Crippen molar-refractivity contribution in [3.8, 4) is 0 Å². The van der Waals surface area contributed by atoms with E-state index in [9.17, 15) is 9.59 Å². The highest BCUT2D eigenvalue weighted by molar-refractivity contribution is 6.29. The Kier molecular flexibility index (Phi) is 4.17. The highest BCUT2D eigenvalue weighted by atomic mass is 35.5. The van der Waals surface area contributed by atoms with Crippen molar-refractivity contribution in [2.75, 3.05) is 16.8 Å². The number of nitrogens with zero attached hydrogens (tertiary/aromatic N) is 2. The summed E-state index contributed by atoms with van der Waals surface area (Å²) in [4.78, 5) is 30.8. The third-order valence-corrected chi connectivity index (χ3v) is 4.98. The van der Waals surface area contributed by atoms with E-state index in [1.807, 2.05) is 12.1 Å². The van der Waals surface area contributed by atoms with Gasteiger partial charge < -0.3 is 10.2 Å². The van der Waals surface area contributed by atoms with Crippen LogP contribution in [0.5, 0.6) is 0 Å². The Hall–Kier alpha value is -2.40. The second-order valence-corrected chi connectivity index (χ2v) is 6.86. The van der Waals surface area contributed by atoms with Gasteiger partial charge in [0.25, 0.3) is 5.91 Å². The maximum atomic E-state index is 13.1. The summed E-state index contributed by atoms with van der Waals surface area (Å²) >= 11 is 6.03. The van der Waals surface area contributed by atoms with Crippen LogP contribution < -0.4 is 10.2 Å². The Morgan fingerprint density at radius 1 is 1.12 bits per heavy atom. The van der Waals surface area contributed by atoms with Crippen molar-refractivity contribution in [1.29, 1.82) is 0 Å². The summed E-state index contributed by atoms with van der Waals surface area (Å²) in [7, 11) is 0. The average molecular weight is 356 g/mol. The van der Waals surface area contributed by atoms with E-state index in [2.05, 4.69) is 10.3 Å². The van der Waals surface area contributed by atoms with Crippen molar-refractivity contribution >= 4 is 34.8 Å². The molecule has 0 atom stereocenters. The first kappa shape index (κ1) is 16.1. The molecule has 5 nitrogen and oxygen atoms in total. The smallest absolute Gasteiger partial charge is 0.258 e. The van der Waals surface area contributed by atoms with Crippen LogP contribution in [0.1, 0.15) is 40.7 Å². The number of hydrogen-bond donors (Lipinski definition) is 1. The molecule has 0 bridgehead atoms. The molecule has 2 amide bonds. The molecule has 2 aliphatic heterocycles. The van der Waals surface area contributed by atoms with Gasteiger partial charge in [-0.15, -0.1) is 0 Å². The predicted octanol–water partition coefficient (Wildman–Crippen LogP) is 3.60. The summed E-state index contributed by atoms with van der Waals surface area (Å²) in [5.74, 6) is -0.0750. The molecule has 1 N–H and O–H groups in total. The minimum atomic E-state index is -0.0792. The fraction of sp³-hybridized carbons (Fsp3) is 0.316. The standard InChI is InChI=1S/C19H18ClN3O2/c20-17-10-16-14(11-21-17)4-2-8-23(16)19(25)13-7-6-12-3-1-5-18(24)22-15(12)9-13/h6-7,9-11H,1-5,8H2,(H,22,24). The number of benzene rings is 1. The number of halogens is 1. The quantitative estimate of drug-likeness (QED) is 0.795. The molecule has 0 saturated carbocycles.